The Morgan fingerprint density at radius 3 is 1.76 bits per heavy atom. The van der Waals surface area contributed by atoms with Crippen LogP contribution >= 0.6 is 0 Å². The molecule has 0 unspecified atom stereocenters. The molecule has 0 radical (unpaired) electrons. The molecule has 0 aliphatic heterocycles. The van der Waals surface area contributed by atoms with Gasteiger partial charge in [0.25, 0.3) is 0 Å². The highest BCUT2D eigenvalue weighted by Crippen LogP contribution is 2.44. The van der Waals surface area contributed by atoms with Crippen LogP contribution in [0.25, 0.3) is 43.1 Å². The van der Waals surface area contributed by atoms with Gasteiger partial charge < -0.3 is 8.85 Å². The average molecular weight is 401 g/mol. The summed E-state index contributed by atoms with van der Waals surface area (Å²) in [5, 5.41) is 11.2. The maximum absolute atomic E-state index is 4.61. The van der Waals surface area contributed by atoms with E-state index < -0.39 is 10.0 Å². The lowest BCUT2D eigenvalue weighted by Crippen LogP contribution is -1.96. The number of fused-ring (bicyclic) bond motifs is 2. The van der Waals surface area contributed by atoms with Crippen molar-refractivity contribution in [1.29, 1.82) is 0 Å². The minimum absolute atomic E-state index is 0.568. The second-order valence-corrected chi connectivity index (χ2v) is 9.22. The summed E-state index contributed by atoms with van der Waals surface area (Å²) in [5.41, 5.74) is 5.65. The highest BCUT2D eigenvalue weighted by molar-refractivity contribution is 6.34. The van der Waals surface area contributed by atoms with Gasteiger partial charge in [-0.25, -0.2) is 0 Å². The molecule has 2 nitrogen and oxygen atoms in total. The molecule has 0 saturated carbocycles. The number of rotatable bonds is 2. The molecule has 3 heteroatoms. The first kappa shape index (κ1) is 19.8. The lowest BCUT2D eigenvalue weighted by molar-refractivity contribution is 0.309. The molecule has 0 spiro atoms. The summed E-state index contributed by atoms with van der Waals surface area (Å²) >= 11 is 0. The molecular weight excluding hydrogens is 372 g/mol. The standard InChI is InChI=1S/C24H20.C2H8O2Si/c1-13-11-12-19-18-9-5-7-17-8-6-10-20(23(17)18)22-16(4)14(2)15(3)21(13)24(19)22;1-3-5-4-2/h5-12H,1-4H3;5H2,1-2H3. The molecule has 0 atom stereocenters. The molecular formula is C26H28O2Si. The first-order chi connectivity index (χ1) is 14.0. The third-order valence-electron chi connectivity index (χ3n) is 6.24. The Bertz CT molecular complexity index is 1330. The van der Waals surface area contributed by atoms with Crippen molar-refractivity contribution in [3.05, 3.63) is 70.8 Å². The lowest BCUT2D eigenvalue weighted by atomic mass is 9.83. The third-order valence-corrected chi connectivity index (χ3v) is 6.71. The molecule has 148 valence electrons. The molecule has 0 saturated heterocycles. The summed E-state index contributed by atoms with van der Waals surface area (Å²) < 4.78 is 9.22. The van der Waals surface area contributed by atoms with E-state index in [4.69, 9.17) is 0 Å². The predicted octanol–water partition coefficient (Wildman–Crippen LogP) is 6.25. The van der Waals surface area contributed by atoms with E-state index >= 15 is 0 Å². The van der Waals surface area contributed by atoms with Crippen LogP contribution in [0.15, 0.2) is 48.5 Å². The highest BCUT2D eigenvalue weighted by Gasteiger charge is 2.18. The van der Waals surface area contributed by atoms with E-state index in [-0.39, 0.29) is 0 Å². The molecule has 0 fully saturated rings. The molecule has 0 heterocycles. The number of hydrogen-bond acceptors (Lipinski definition) is 2. The smallest absolute Gasteiger partial charge is 0.303 e. The summed E-state index contributed by atoms with van der Waals surface area (Å²) in [5.74, 6) is 0. The van der Waals surface area contributed by atoms with Crippen LogP contribution in [0.5, 0.6) is 0 Å². The predicted molar refractivity (Wildman–Crippen MR) is 129 cm³/mol. The van der Waals surface area contributed by atoms with Crippen LogP contribution in [0.1, 0.15) is 22.3 Å². The summed E-state index contributed by atoms with van der Waals surface area (Å²) in [6, 6.07) is 18.0. The molecule has 0 aromatic heterocycles. The largest absolute Gasteiger partial charge is 0.402 e. The monoisotopic (exact) mass is 400 g/mol. The Morgan fingerprint density at radius 2 is 1.14 bits per heavy atom. The lowest BCUT2D eigenvalue weighted by Gasteiger charge is -2.20. The molecule has 0 N–H and O–H groups in total. The molecule has 5 aromatic carbocycles. The Morgan fingerprint density at radius 1 is 0.552 bits per heavy atom. The van der Waals surface area contributed by atoms with Gasteiger partial charge in [-0.2, -0.15) is 0 Å². The molecule has 5 rings (SSSR count). The van der Waals surface area contributed by atoms with E-state index in [1.54, 1.807) is 14.2 Å². The van der Waals surface area contributed by atoms with Crippen molar-refractivity contribution in [1.82, 2.24) is 0 Å². The van der Waals surface area contributed by atoms with E-state index in [1.165, 1.54) is 65.3 Å². The molecule has 0 aliphatic rings. The first-order valence-corrected chi connectivity index (χ1v) is 11.2. The quantitative estimate of drug-likeness (QED) is 0.198. The van der Waals surface area contributed by atoms with Gasteiger partial charge in [0.2, 0.25) is 0 Å². The van der Waals surface area contributed by atoms with Crippen LogP contribution in [0, 0.1) is 27.7 Å². The van der Waals surface area contributed by atoms with Gasteiger partial charge >= 0.3 is 10.0 Å². The fourth-order valence-corrected chi connectivity index (χ4v) is 4.98. The topological polar surface area (TPSA) is 18.5 Å². The molecule has 0 bridgehead atoms. The van der Waals surface area contributed by atoms with E-state index in [0.717, 1.165) is 0 Å². The minimum Gasteiger partial charge on any atom is -0.402 e. The Labute approximate surface area is 174 Å². The summed E-state index contributed by atoms with van der Waals surface area (Å²) in [7, 11) is 2.73. The first-order valence-electron chi connectivity index (χ1n) is 10.0. The zero-order valence-corrected chi connectivity index (χ0v) is 19.6. The van der Waals surface area contributed by atoms with Crippen molar-refractivity contribution in [3.63, 3.8) is 0 Å². The van der Waals surface area contributed by atoms with Crippen molar-refractivity contribution in [2.24, 2.45) is 0 Å². The molecule has 0 aliphatic carbocycles. The number of aryl methyl sites for hydroxylation is 3. The Kier molecular flexibility index (Phi) is 5.30. The molecule has 0 amide bonds. The Hall–Kier alpha value is -2.46. The normalized spacial score (nSPS) is 11.5. The van der Waals surface area contributed by atoms with Gasteiger partial charge in [-0.1, -0.05) is 48.5 Å². The molecule has 29 heavy (non-hydrogen) atoms. The Balaban J connectivity index is 0.000000369. The van der Waals surface area contributed by atoms with Crippen LogP contribution in [0.4, 0.5) is 0 Å². The summed E-state index contributed by atoms with van der Waals surface area (Å²) in [6.45, 7) is 9.08. The van der Waals surface area contributed by atoms with Crippen LogP contribution < -0.4 is 0 Å². The maximum atomic E-state index is 4.61. The van der Waals surface area contributed by atoms with E-state index in [0.29, 0.717) is 0 Å². The van der Waals surface area contributed by atoms with E-state index in [1.807, 2.05) is 0 Å². The van der Waals surface area contributed by atoms with Crippen molar-refractivity contribution in [3.8, 4) is 0 Å². The zero-order valence-electron chi connectivity index (χ0n) is 18.1. The van der Waals surface area contributed by atoms with Crippen molar-refractivity contribution in [2.45, 2.75) is 27.7 Å². The number of benzene rings is 5. The van der Waals surface area contributed by atoms with Crippen LogP contribution in [0.2, 0.25) is 0 Å². The van der Waals surface area contributed by atoms with Crippen LogP contribution in [-0.2, 0) is 8.85 Å². The van der Waals surface area contributed by atoms with E-state index in [9.17, 15) is 0 Å². The highest BCUT2D eigenvalue weighted by atomic mass is 28.3. The van der Waals surface area contributed by atoms with Gasteiger partial charge in [0.05, 0.1) is 0 Å². The SMILES string of the molecule is CO[SiH2]OC.Cc1c(C)c2c(C)ccc3c4cccc5cccc(c(c1C)c23)c54. The average Bonchev–Trinajstić information content (AvgIpc) is 2.73. The fourth-order valence-electron chi connectivity index (χ4n) is 4.75. The zero-order chi connectivity index (χ0) is 20.7. The van der Waals surface area contributed by atoms with Gasteiger partial charge in [0.15, 0.2) is 0 Å². The summed E-state index contributed by atoms with van der Waals surface area (Å²) in [4.78, 5) is 0. The van der Waals surface area contributed by atoms with Crippen LogP contribution in [-0.4, -0.2) is 24.2 Å². The second-order valence-electron chi connectivity index (χ2n) is 7.83. The minimum atomic E-state index is -0.568. The van der Waals surface area contributed by atoms with Crippen LogP contribution in [0.3, 0.4) is 0 Å². The number of hydrogen-bond donors (Lipinski definition) is 0. The van der Waals surface area contributed by atoms with Gasteiger partial charge in [0.1, 0.15) is 0 Å². The van der Waals surface area contributed by atoms with Crippen molar-refractivity contribution < 1.29 is 8.85 Å². The second kappa shape index (κ2) is 7.75. The van der Waals surface area contributed by atoms with Crippen molar-refractivity contribution >= 4 is 53.1 Å². The van der Waals surface area contributed by atoms with Crippen molar-refractivity contribution in [2.75, 3.05) is 14.2 Å². The van der Waals surface area contributed by atoms with Gasteiger partial charge in [-0.3, -0.25) is 0 Å². The third kappa shape index (κ3) is 3.01. The molecule has 5 aromatic rings. The van der Waals surface area contributed by atoms with Gasteiger partial charge in [-0.15, -0.1) is 0 Å². The fraction of sp³-hybridized carbons (Fsp3) is 0.231. The van der Waals surface area contributed by atoms with Gasteiger partial charge in [-0.05, 0) is 93.0 Å². The maximum Gasteiger partial charge on any atom is 0.303 e. The van der Waals surface area contributed by atoms with Gasteiger partial charge in [0, 0.05) is 14.2 Å². The van der Waals surface area contributed by atoms with E-state index in [2.05, 4.69) is 85.1 Å². The summed E-state index contributed by atoms with van der Waals surface area (Å²) in [6.07, 6.45) is 0.